The molecular weight excluding hydrogens is 557 g/mol. The summed E-state index contributed by atoms with van der Waals surface area (Å²) in [5, 5.41) is 3.61. The molecule has 0 bridgehead atoms. The molecule has 2 amide bonds. The average molecular weight is 583 g/mol. The number of nitrogens with one attached hydrogen (secondary N) is 1. The number of likely N-dealkylation sites (N-methyl/N-ethyl adjacent to an activating group) is 1. The van der Waals surface area contributed by atoms with Gasteiger partial charge in [-0.05, 0) is 61.4 Å². The lowest BCUT2D eigenvalue weighted by Gasteiger charge is -2.32. The smallest absolute Gasteiger partial charge is 0.264 e. The number of nitrogens with zero attached hydrogens (tertiary/aromatic N) is 2. The number of hydrogen-bond acceptors (Lipinski definition) is 4. The maximum absolute atomic E-state index is 13.8. The Hall–Kier alpha value is -2.78. The predicted molar refractivity (Wildman–Crippen MR) is 148 cm³/mol. The Kier molecular flexibility index (Phi) is 9.47. The van der Waals surface area contributed by atoms with Gasteiger partial charge in [0.15, 0.2) is 0 Å². The highest BCUT2D eigenvalue weighted by Gasteiger charge is 2.33. The van der Waals surface area contributed by atoms with Crippen molar-refractivity contribution >= 4 is 62.3 Å². The lowest BCUT2D eigenvalue weighted by molar-refractivity contribution is -0.139. The average Bonchev–Trinajstić information content (AvgIpc) is 2.88. The first kappa shape index (κ1) is 28.8. The van der Waals surface area contributed by atoms with Gasteiger partial charge in [-0.1, -0.05) is 65.1 Å². The zero-order valence-corrected chi connectivity index (χ0v) is 23.5. The Morgan fingerprint density at radius 3 is 2.24 bits per heavy atom. The van der Waals surface area contributed by atoms with E-state index in [1.54, 1.807) is 62.4 Å². The molecule has 0 heterocycles. The van der Waals surface area contributed by atoms with Gasteiger partial charge in [0.25, 0.3) is 10.0 Å². The van der Waals surface area contributed by atoms with E-state index in [2.05, 4.69) is 5.32 Å². The van der Waals surface area contributed by atoms with Crippen molar-refractivity contribution in [2.24, 2.45) is 0 Å². The van der Waals surface area contributed by atoms with Crippen LogP contribution in [0, 0.1) is 6.92 Å². The number of anilines is 1. The Labute approximate surface area is 232 Å². The Morgan fingerprint density at radius 1 is 0.946 bits per heavy atom. The van der Waals surface area contributed by atoms with Gasteiger partial charge in [-0.2, -0.15) is 0 Å². The Morgan fingerprint density at radius 2 is 1.62 bits per heavy atom. The molecule has 1 unspecified atom stereocenters. The minimum atomic E-state index is -4.18. The molecule has 0 aliphatic rings. The summed E-state index contributed by atoms with van der Waals surface area (Å²) in [5.41, 5.74) is 1.29. The van der Waals surface area contributed by atoms with Crippen molar-refractivity contribution in [3.05, 3.63) is 92.9 Å². The van der Waals surface area contributed by atoms with E-state index >= 15 is 0 Å². The van der Waals surface area contributed by atoms with E-state index in [-0.39, 0.29) is 17.1 Å². The molecule has 37 heavy (non-hydrogen) atoms. The molecule has 0 aliphatic heterocycles. The largest absolute Gasteiger partial charge is 0.357 e. The first-order valence-corrected chi connectivity index (χ1v) is 13.8. The lowest BCUT2D eigenvalue weighted by atomic mass is 10.1. The highest BCUT2D eigenvalue weighted by molar-refractivity contribution is 7.92. The molecule has 3 aromatic carbocycles. The lowest BCUT2D eigenvalue weighted by Crippen LogP contribution is -2.50. The quantitative estimate of drug-likeness (QED) is 0.370. The maximum Gasteiger partial charge on any atom is 0.264 e. The third-order valence-corrected chi connectivity index (χ3v) is 8.66. The van der Waals surface area contributed by atoms with Crippen molar-refractivity contribution in [1.82, 2.24) is 10.2 Å². The van der Waals surface area contributed by atoms with Gasteiger partial charge >= 0.3 is 0 Å². The molecule has 3 aromatic rings. The highest BCUT2D eigenvalue weighted by Crippen LogP contribution is 2.31. The number of carbonyl (C=O) groups excluding carboxylic acids is 2. The van der Waals surface area contributed by atoms with Crippen molar-refractivity contribution in [1.29, 1.82) is 0 Å². The fourth-order valence-electron chi connectivity index (χ4n) is 3.72. The maximum atomic E-state index is 13.8. The summed E-state index contributed by atoms with van der Waals surface area (Å²) in [7, 11) is -2.72. The molecule has 0 radical (unpaired) electrons. The minimum absolute atomic E-state index is 0.00817. The van der Waals surface area contributed by atoms with Crippen LogP contribution in [0.1, 0.15) is 18.1 Å². The first-order valence-electron chi connectivity index (χ1n) is 11.2. The summed E-state index contributed by atoms with van der Waals surface area (Å²) in [5.74, 6) is -1.03. The van der Waals surface area contributed by atoms with Gasteiger partial charge < -0.3 is 10.2 Å². The second-order valence-corrected chi connectivity index (χ2v) is 11.4. The molecule has 7 nitrogen and oxygen atoms in total. The molecule has 3 rings (SSSR count). The van der Waals surface area contributed by atoms with Gasteiger partial charge in [-0.3, -0.25) is 13.9 Å². The van der Waals surface area contributed by atoms with Gasteiger partial charge in [0.2, 0.25) is 11.8 Å². The fourth-order valence-corrected chi connectivity index (χ4v) is 5.85. The van der Waals surface area contributed by atoms with Crippen LogP contribution in [0.4, 0.5) is 5.69 Å². The van der Waals surface area contributed by atoms with Gasteiger partial charge in [-0.15, -0.1) is 0 Å². The standard InChI is InChI=1S/C26H26Cl3N3O4S/c1-17-22(28)10-7-11-24(17)32(37(35,36)21-8-5-4-6-9-21)16-25(33)31(18(2)26(34)30-3)15-19-12-13-20(27)14-23(19)29/h4-14,18H,15-16H2,1-3H3,(H,30,34). The molecular formula is C26H26Cl3N3O4S. The van der Waals surface area contributed by atoms with Crippen molar-refractivity contribution in [3.63, 3.8) is 0 Å². The first-order chi connectivity index (χ1) is 17.5. The summed E-state index contributed by atoms with van der Waals surface area (Å²) in [6.07, 6.45) is 0. The van der Waals surface area contributed by atoms with E-state index in [1.807, 2.05) is 0 Å². The van der Waals surface area contributed by atoms with Crippen molar-refractivity contribution in [3.8, 4) is 0 Å². The van der Waals surface area contributed by atoms with Gasteiger partial charge in [0, 0.05) is 28.7 Å². The summed E-state index contributed by atoms with van der Waals surface area (Å²) >= 11 is 18.7. The number of amides is 2. The minimum Gasteiger partial charge on any atom is -0.357 e. The molecule has 1 atom stereocenters. The summed E-state index contributed by atoms with van der Waals surface area (Å²) in [4.78, 5) is 27.6. The van der Waals surface area contributed by atoms with Crippen molar-refractivity contribution < 1.29 is 18.0 Å². The van der Waals surface area contributed by atoms with E-state index in [0.29, 0.717) is 26.2 Å². The summed E-state index contributed by atoms with van der Waals surface area (Å²) in [6.45, 7) is 2.61. The number of hydrogen-bond donors (Lipinski definition) is 1. The fraction of sp³-hybridized carbons (Fsp3) is 0.231. The molecule has 1 N–H and O–H groups in total. The summed E-state index contributed by atoms with van der Waals surface area (Å²) < 4.78 is 28.5. The molecule has 0 aromatic heterocycles. The van der Waals surface area contributed by atoms with Crippen LogP contribution in [-0.4, -0.2) is 44.8 Å². The molecule has 0 aliphatic carbocycles. The topological polar surface area (TPSA) is 86.8 Å². The molecule has 0 spiro atoms. The van der Waals surface area contributed by atoms with E-state index < -0.39 is 34.4 Å². The monoisotopic (exact) mass is 581 g/mol. The van der Waals surface area contributed by atoms with Crippen LogP contribution in [0.5, 0.6) is 0 Å². The molecule has 196 valence electrons. The van der Waals surface area contributed by atoms with E-state index in [0.717, 1.165) is 4.31 Å². The number of rotatable bonds is 9. The molecule has 0 fully saturated rings. The van der Waals surface area contributed by atoms with Gasteiger partial charge in [-0.25, -0.2) is 8.42 Å². The second-order valence-electron chi connectivity index (χ2n) is 8.26. The normalized spacial score (nSPS) is 12.1. The van der Waals surface area contributed by atoms with Crippen LogP contribution < -0.4 is 9.62 Å². The van der Waals surface area contributed by atoms with Crippen LogP contribution >= 0.6 is 34.8 Å². The van der Waals surface area contributed by atoms with Gasteiger partial charge in [0.05, 0.1) is 10.6 Å². The van der Waals surface area contributed by atoms with Crippen LogP contribution in [0.2, 0.25) is 15.1 Å². The van der Waals surface area contributed by atoms with Crippen molar-refractivity contribution in [2.45, 2.75) is 31.3 Å². The molecule has 11 heteroatoms. The Bertz CT molecular complexity index is 1400. The van der Waals surface area contributed by atoms with Crippen LogP contribution in [0.3, 0.4) is 0 Å². The van der Waals surface area contributed by atoms with E-state index in [9.17, 15) is 18.0 Å². The molecule has 0 saturated carbocycles. The molecule has 0 saturated heterocycles. The third kappa shape index (κ3) is 6.57. The van der Waals surface area contributed by atoms with Crippen molar-refractivity contribution in [2.75, 3.05) is 17.9 Å². The summed E-state index contributed by atoms with van der Waals surface area (Å²) in [6, 6.07) is 16.5. The zero-order chi connectivity index (χ0) is 27.3. The van der Waals surface area contributed by atoms with E-state index in [4.69, 9.17) is 34.8 Å². The van der Waals surface area contributed by atoms with E-state index in [1.165, 1.54) is 30.1 Å². The number of sulfonamides is 1. The number of halogens is 3. The Balaban J connectivity index is 2.08. The van der Waals surface area contributed by atoms with Crippen LogP contribution in [-0.2, 0) is 26.2 Å². The number of carbonyl (C=O) groups is 2. The number of benzene rings is 3. The SMILES string of the molecule is CNC(=O)C(C)N(Cc1ccc(Cl)cc1Cl)C(=O)CN(c1cccc(Cl)c1C)S(=O)(=O)c1ccccc1. The zero-order valence-electron chi connectivity index (χ0n) is 20.4. The third-order valence-electron chi connectivity index (χ3n) is 5.89. The van der Waals surface area contributed by atoms with Gasteiger partial charge in [0.1, 0.15) is 12.6 Å². The highest BCUT2D eigenvalue weighted by atomic mass is 35.5. The van der Waals surface area contributed by atoms with Crippen LogP contribution in [0.25, 0.3) is 0 Å². The second kappa shape index (κ2) is 12.2. The predicted octanol–water partition coefficient (Wildman–Crippen LogP) is 5.31. The van der Waals surface area contributed by atoms with Crippen LogP contribution in [0.15, 0.2) is 71.6 Å².